The summed E-state index contributed by atoms with van der Waals surface area (Å²) < 4.78 is 10.8. The minimum absolute atomic E-state index is 0.350. The number of ether oxygens (including phenoxy) is 1. The maximum Gasteiger partial charge on any atom is 0.231 e. The molecule has 1 atom stereocenters. The molecule has 2 fully saturated rings. The Kier molecular flexibility index (Phi) is 3.54. The largest absolute Gasteiger partial charge is 0.481 e. The van der Waals surface area contributed by atoms with Crippen LogP contribution in [0.1, 0.15) is 48.4 Å². The quantitative estimate of drug-likeness (QED) is 0.844. The standard InChI is InChI=1S/C16H20N4O2/c1-21-15-12(3-2-7-17-15)9-20-8-6-13(10-20)16-18-14(19-22-16)11-4-5-11/h2-3,7,11,13H,4-6,8-10H2,1H3/t13-/m0/s1. The molecular formula is C16H20N4O2. The van der Waals surface area contributed by atoms with E-state index in [1.165, 1.54) is 12.8 Å². The highest BCUT2D eigenvalue weighted by molar-refractivity contribution is 5.25. The average Bonchev–Trinajstić information content (AvgIpc) is 3.10. The van der Waals surface area contributed by atoms with Crippen LogP contribution in [0.15, 0.2) is 22.9 Å². The predicted octanol–water partition coefficient (Wildman–Crippen LogP) is 2.34. The van der Waals surface area contributed by atoms with Gasteiger partial charge in [0, 0.05) is 30.8 Å². The van der Waals surface area contributed by atoms with Crippen LogP contribution in [0, 0.1) is 0 Å². The summed E-state index contributed by atoms with van der Waals surface area (Å²) in [4.78, 5) is 11.2. The molecule has 0 bridgehead atoms. The molecule has 0 unspecified atom stereocenters. The maximum atomic E-state index is 5.47. The van der Waals surface area contributed by atoms with Crippen molar-refractivity contribution in [1.29, 1.82) is 0 Å². The third kappa shape index (κ3) is 2.70. The van der Waals surface area contributed by atoms with Gasteiger partial charge in [0.1, 0.15) is 0 Å². The minimum atomic E-state index is 0.350. The zero-order chi connectivity index (χ0) is 14.9. The first-order chi connectivity index (χ1) is 10.8. The molecule has 6 nitrogen and oxygen atoms in total. The van der Waals surface area contributed by atoms with Crippen molar-refractivity contribution < 1.29 is 9.26 Å². The number of nitrogens with zero attached hydrogens (tertiary/aromatic N) is 4. The van der Waals surface area contributed by atoms with Gasteiger partial charge in [0.2, 0.25) is 11.8 Å². The van der Waals surface area contributed by atoms with E-state index in [0.29, 0.717) is 17.7 Å². The van der Waals surface area contributed by atoms with Gasteiger partial charge in [-0.05, 0) is 31.9 Å². The fourth-order valence-corrected chi connectivity index (χ4v) is 3.07. The summed E-state index contributed by atoms with van der Waals surface area (Å²) in [5, 5.41) is 4.12. The van der Waals surface area contributed by atoms with Crippen LogP contribution in [0.5, 0.6) is 5.88 Å². The van der Waals surface area contributed by atoms with Crippen LogP contribution >= 0.6 is 0 Å². The number of aromatic nitrogens is 3. The molecule has 2 aromatic rings. The zero-order valence-electron chi connectivity index (χ0n) is 12.7. The van der Waals surface area contributed by atoms with Gasteiger partial charge in [-0.15, -0.1) is 0 Å². The predicted molar refractivity (Wildman–Crippen MR) is 79.7 cm³/mol. The molecule has 0 radical (unpaired) electrons. The highest BCUT2D eigenvalue weighted by atomic mass is 16.5. The molecule has 4 rings (SSSR count). The van der Waals surface area contributed by atoms with Gasteiger partial charge in [-0.3, -0.25) is 4.90 Å². The van der Waals surface area contributed by atoms with Gasteiger partial charge in [-0.2, -0.15) is 4.98 Å². The molecule has 2 aromatic heterocycles. The Balaban J connectivity index is 1.41. The maximum absolute atomic E-state index is 5.47. The molecule has 2 aliphatic rings. The third-order valence-electron chi connectivity index (χ3n) is 4.46. The second kappa shape index (κ2) is 5.68. The molecule has 0 N–H and O–H groups in total. The first kappa shape index (κ1) is 13.7. The number of methoxy groups -OCH3 is 1. The smallest absolute Gasteiger partial charge is 0.231 e. The SMILES string of the molecule is COc1ncccc1CN1CC[C@H](c2nc(C3CC3)no2)C1. The van der Waals surface area contributed by atoms with Gasteiger partial charge in [-0.1, -0.05) is 11.2 Å². The van der Waals surface area contributed by atoms with Gasteiger partial charge in [0.15, 0.2) is 5.82 Å². The summed E-state index contributed by atoms with van der Waals surface area (Å²) in [7, 11) is 1.66. The van der Waals surface area contributed by atoms with E-state index in [0.717, 1.165) is 43.3 Å². The average molecular weight is 300 g/mol. The van der Waals surface area contributed by atoms with E-state index in [1.54, 1.807) is 13.3 Å². The monoisotopic (exact) mass is 300 g/mol. The molecule has 0 spiro atoms. The van der Waals surface area contributed by atoms with E-state index in [2.05, 4.69) is 26.1 Å². The first-order valence-electron chi connectivity index (χ1n) is 7.87. The summed E-state index contributed by atoms with van der Waals surface area (Å²) in [5.74, 6) is 3.32. The van der Waals surface area contributed by atoms with E-state index in [9.17, 15) is 0 Å². The molecule has 0 amide bonds. The Bertz CT molecular complexity index is 653. The van der Waals surface area contributed by atoms with Crippen LogP contribution in [-0.2, 0) is 6.54 Å². The van der Waals surface area contributed by atoms with E-state index < -0.39 is 0 Å². The number of likely N-dealkylation sites (tertiary alicyclic amines) is 1. The number of hydrogen-bond acceptors (Lipinski definition) is 6. The molecule has 1 saturated heterocycles. The van der Waals surface area contributed by atoms with E-state index in [1.807, 2.05) is 6.07 Å². The Labute approximate surface area is 129 Å². The summed E-state index contributed by atoms with van der Waals surface area (Å²) in [6.45, 7) is 2.82. The van der Waals surface area contributed by atoms with E-state index >= 15 is 0 Å². The lowest BCUT2D eigenvalue weighted by Gasteiger charge is -2.16. The van der Waals surface area contributed by atoms with Crippen molar-refractivity contribution in [3.63, 3.8) is 0 Å². The molecule has 1 aliphatic carbocycles. The van der Waals surface area contributed by atoms with Crippen LogP contribution in [0.2, 0.25) is 0 Å². The van der Waals surface area contributed by atoms with Crippen molar-refractivity contribution in [2.75, 3.05) is 20.2 Å². The van der Waals surface area contributed by atoms with Gasteiger partial charge in [0.25, 0.3) is 0 Å². The molecular weight excluding hydrogens is 280 g/mol. The minimum Gasteiger partial charge on any atom is -0.481 e. The fraction of sp³-hybridized carbons (Fsp3) is 0.562. The summed E-state index contributed by atoms with van der Waals surface area (Å²) in [5.41, 5.74) is 1.12. The Morgan fingerprint density at radius 3 is 3.05 bits per heavy atom. The molecule has 1 aliphatic heterocycles. The zero-order valence-corrected chi connectivity index (χ0v) is 12.7. The van der Waals surface area contributed by atoms with Gasteiger partial charge in [0.05, 0.1) is 13.0 Å². The molecule has 116 valence electrons. The van der Waals surface area contributed by atoms with Crippen molar-refractivity contribution in [1.82, 2.24) is 20.0 Å². The van der Waals surface area contributed by atoms with Crippen molar-refractivity contribution in [3.05, 3.63) is 35.6 Å². The molecule has 22 heavy (non-hydrogen) atoms. The molecule has 3 heterocycles. The third-order valence-corrected chi connectivity index (χ3v) is 4.46. The lowest BCUT2D eigenvalue weighted by Crippen LogP contribution is -2.20. The van der Waals surface area contributed by atoms with Gasteiger partial charge < -0.3 is 9.26 Å². The Morgan fingerprint density at radius 1 is 1.32 bits per heavy atom. The van der Waals surface area contributed by atoms with Crippen LogP contribution in [0.25, 0.3) is 0 Å². The van der Waals surface area contributed by atoms with E-state index in [4.69, 9.17) is 9.26 Å². The van der Waals surface area contributed by atoms with Crippen LogP contribution in [0.4, 0.5) is 0 Å². The normalized spacial score (nSPS) is 22.1. The lowest BCUT2D eigenvalue weighted by molar-refractivity contribution is 0.300. The highest BCUT2D eigenvalue weighted by Crippen LogP contribution is 2.39. The van der Waals surface area contributed by atoms with Crippen LogP contribution in [0.3, 0.4) is 0 Å². The fourth-order valence-electron chi connectivity index (χ4n) is 3.07. The Morgan fingerprint density at radius 2 is 2.23 bits per heavy atom. The first-order valence-corrected chi connectivity index (χ1v) is 7.87. The molecule has 0 aromatic carbocycles. The second-order valence-corrected chi connectivity index (χ2v) is 6.16. The second-order valence-electron chi connectivity index (χ2n) is 6.16. The topological polar surface area (TPSA) is 64.3 Å². The van der Waals surface area contributed by atoms with Crippen molar-refractivity contribution in [3.8, 4) is 5.88 Å². The molecule has 1 saturated carbocycles. The Hall–Kier alpha value is -1.95. The highest BCUT2D eigenvalue weighted by Gasteiger charge is 2.33. The number of pyridine rings is 1. The van der Waals surface area contributed by atoms with Crippen LogP contribution in [-0.4, -0.2) is 40.2 Å². The summed E-state index contributed by atoms with van der Waals surface area (Å²) in [6, 6.07) is 4.02. The van der Waals surface area contributed by atoms with Crippen molar-refractivity contribution >= 4 is 0 Å². The van der Waals surface area contributed by atoms with Crippen molar-refractivity contribution in [2.45, 2.75) is 37.6 Å². The van der Waals surface area contributed by atoms with Crippen LogP contribution < -0.4 is 4.74 Å². The molecule has 6 heteroatoms. The van der Waals surface area contributed by atoms with Gasteiger partial charge in [-0.25, -0.2) is 4.98 Å². The summed E-state index contributed by atoms with van der Waals surface area (Å²) in [6.07, 6.45) is 5.23. The van der Waals surface area contributed by atoms with Crippen molar-refractivity contribution in [2.24, 2.45) is 0 Å². The van der Waals surface area contributed by atoms with Gasteiger partial charge >= 0.3 is 0 Å². The summed E-state index contributed by atoms with van der Waals surface area (Å²) >= 11 is 0. The lowest BCUT2D eigenvalue weighted by atomic mass is 10.1. The number of rotatable bonds is 5. The number of hydrogen-bond donors (Lipinski definition) is 0. The van der Waals surface area contributed by atoms with E-state index in [-0.39, 0.29) is 0 Å².